The Kier molecular flexibility index (Phi) is 4.76. The molecule has 0 aliphatic carbocycles. The van der Waals surface area contributed by atoms with Gasteiger partial charge in [0.15, 0.2) is 6.10 Å². The maximum absolute atomic E-state index is 12.8. The summed E-state index contributed by atoms with van der Waals surface area (Å²) in [7, 11) is 0. The van der Waals surface area contributed by atoms with Crippen LogP contribution in [0.2, 0.25) is 0 Å². The fourth-order valence-corrected chi connectivity index (χ4v) is 3.12. The maximum atomic E-state index is 12.8. The molecule has 1 aromatic heterocycles. The molecule has 1 atom stereocenters. The SMILES string of the molecule is CC1Oc2ccc(NC(=O)c3ccncc3)cc2N(Cc2ccccc2)C1=O. The van der Waals surface area contributed by atoms with Crippen molar-refractivity contribution in [2.45, 2.75) is 19.6 Å². The number of pyridine rings is 1. The number of benzene rings is 2. The second-order valence-corrected chi connectivity index (χ2v) is 6.54. The van der Waals surface area contributed by atoms with Crippen molar-refractivity contribution in [1.29, 1.82) is 0 Å². The molecule has 1 N–H and O–H groups in total. The lowest BCUT2D eigenvalue weighted by Crippen LogP contribution is -2.44. The fourth-order valence-electron chi connectivity index (χ4n) is 3.12. The molecule has 3 aromatic rings. The lowest BCUT2D eigenvalue weighted by Gasteiger charge is -2.33. The predicted molar refractivity (Wildman–Crippen MR) is 106 cm³/mol. The summed E-state index contributed by atoms with van der Waals surface area (Å²) in [6, 6.07) is 18.4. The van der Waals surface area contributed by atoms with E-state index in [9.17, 15) is 9.59 Å². The quantitative estimate of drug-likeness (QED) is 0.758. The van der Waals surface area contributed by atoms with Gasteiger partial charge in [-0.25, -0.2) is 0 Å². The first-order chi connectivity index (χ1) is 13.6. The molecular weight excluding hydrogens is 354 g/mol. The first kappa shape index (κ1) is 17.7. The van der Waals surface area contributed by atoms with Gasteiger partial charge in [-0.05, 0) is 42.8 Å². The number of fused-ring (bicyclic) bond motifs is 1. The van der Waals surface area contributed by atoms with Crippen molar-refractivity contribution in [3.8, 4) is 5.75 Å². The van der Waals surface area contributed by atoms with E-state index in [-0.39, 0.29) is 11.8 Å². The average molecular weight is 373 g/mol. The molecule has 2 heterocycles. The summed E-state index contributed by atoms with van der Waals surface area (Å²) in [5.41, 5.74) is 2.75. The van der Waals surface area contributed by atoms with Crippen LogP contribution in [0.5, 0.6) is 5.75 Å². The Balaban J connectivity index is 1.63. The van der Waals surface area contributed by atoms with E-state index in [1.165, 1.54) is 0 Å². The third kappa shape index (κ3) is 3.57. The van der Waals surface area contributed by atoms with E-state index in [2.05, 4.69) is 10.3 Å². The van der Waals surface area contributed by atoms with Crippen molar-refractivity contribution in [2.24, 2.45) is 0 Å². The van der Waals surface area contributed by atoms with Crippen molar-refractivity contribution < 1.29 is 14.3 Å². The molecule has 0 spiro atoms. The van der Waals surface area contributed by atoms with Crippen molar-refractivity contribution >= 4 is 23.2 Å². The Labute approximate surface area is 162 Å². The fraction of sp³-hybridized carbons (Fsp3) is 0.136. The summed E-state index contributed by atoms with van der Waals surface area (Å²) < 4.78 is 5.74. The number of aromatic nitrogens is 1. The van der Waals surface area contributed by atoms with Gasteiger partial charge < -0.3 is 15.0 Å². The van der Waals surface area contributed by atoms with E-state index in [1.807, 2.05) is 30.3 Å². The molecule has 0 saturated heterocycles. The number of ether oxygens (including phenoxy) is 1. The average Bonchev–Trinajstić information content (AvgIpc) is 2.73. The minimum absolute atomic E-state index is 0.117. The van der Waals surface area contributed by atoms with E-state index >= 15 is 0 Å². The Bertz CT molecular complexity index is 1010. The van der Waals surface area contributed by atoms with Crippen molar-refractivity contribution in [2.75, 3.05) is 10.2 Å². The number of rotatable bonds is 4. The topological polar surface area (TPSA) is 71.5 Å². The zero-order valence-corrected chi connectivity index (χ0v) is 15.3. The number of carbonyl (C=O) groups is 2. The molecule has 0 bridgehead atoms. The highest BCUT2D eigenvalue weighted by Crippen LogP contribution is 2.37. The van der Waals surface area contributed by atoms with Crippen LogP contribution >= 0.6 is 0 Å². The number of nitrogens with zero attached hydrogens (tertiary/aromatic N) is 2. The van der Waals surface area contributed by atoms with Gasteiger partial charge in [0.25, 0.3) is 11.8 Å². The molecule has 1 aliphatic heterocycles. The van der Waals surface area contributed by atoms with Crippen LogP contribution in [-0.2, 0) is 11.3 Å². The van der Waals surface area contributed by atoms with Crippen LogP contribution in [-0.4, -0.2) is 22.9 Å². The summed E-state index contributed by atoms with van der Waals surface area (Å²) in [6.07, 6.45) is 2.57. The lowest BCUT2D eigenvalue weighted by molar-refractivity contribution is -0.125. The monoisotopic (exact) mass is 373 g/mol. The van der Waals surface area contributed by atoms with Gasteiger partial charge in [0.1, 0.15) is 5.75 Å². The van der Waals surface area contributed by atoms with E-state index in [4.69, 9.17) is 4.74 Å². The molecule has 140 valence electrons. The Hall–Kier alpha value is -3.67. The van der Waals surface area contributed by atoms with Crippen LogP contribution in [0.15, 0.2) is 73.1 Å². The zero-order chi connectivity index (χ0) is 19.5. The normalized spacial score (nSPS) is 15.5. The van der Waals surface area contributed by atoms with Crippen molar-refractivity contribution in [3.05, 3.63) is 84.2 Å². The first-order valence-corrected chi connectivity index (χ1v) is 8.99. The molecule has 28 heavy (non-hydrogen) atoms. The van der Waals surface area contributed by atoms with E-state index in [0.717, 1.165) is 5.56 Å². The molecule has 2 amide bonds. The highest BCUT2D eigenvalue weighted by atomic mass is 16.5. The molecule has 2 aromatic carbocycles. The molecule has 4 rings (SSSR count). The van der Waals surface area contributed by atoms with Gasteiger partial charge in [-0.1, -0.05) is 30.3 Å². The van der Waals surface area contributed by atoms with E-state index < -0.39 is 6.10 Å². The minimum Gasteiger partial charge on any atom is -0.479 e. The van der Waals surface area contributed by atoms with Crippen LogP contribution in [0.4, 0.5) is 11.4 Å². The van der Waals surface area contributed by atoms with Crippen LogP contribution in [0, 0.1) is 0 Å². The van der Waals surface area contributed by atoms with Crippen LogP contribution in [0.1, 0.15) is 22.8 Å². The lowest BCUT2D eigenvalue weighted by atomic mass is 10.1. The van der Waals surface area contributed by atoms with Crippen LogP contribution < -0.4 is 15.0 Å². The number of hydrogen-bond acceptors (Lipinski definition) is 4. The van der Waals surface area contributed by atoms with Gasteiger partial charge >= 0.3 is 0 Å². The molecule has 0 fully saturated rings. The number of hydrogen-bond donors (Lipinski definition) is 1. The Morgan fingerprint density at radius 2 is 1.86 bits per heavy atom. The van der Waals surface area contributed by atoms with Gasteiger partial charge in [-0.15, -0.1) is 0 Å². The number of amides is 2. The Morgan fingerprint density at radius 3 is 2.61 bits per heavy atom. The summed E-state index contributed by atoms with van der Waals surface area (Å²) >= 11 is 0. The van der Waals surface area contributed by atoms with Crippen LogP contribution in [0.25, 0.3) is 0 Å². The number of anilines is 2. The summed E-state index contributed by atoms with van der Waals surface area (Å²) in [6.45, 7) is 2.17. The largest absolute Gasteiger partial charge is 0.479 e. The molecule has 0 saturated carbocycles. The molecule has 1 unspecified atom stereocenters. The minimum atomic E-state index is -0.562. The summed E-state index contributed by atoms with van der Waals surface area (Å²) in [5, 5.41) is 2.86. The third-order valence-corrected chi connectivity index (χ3v) is 4.55. The van der Waals surface area contributed by atoms with Gasteiger partial charge in [0.2, 0.25) is 0 Å². The molecule has 0 radical (unpaired) electrons. The standard InChI is InChI=1S/C22H19N3O3/c1-15-22(27)25(14-16-5-3-2-4-6-16)19-13-18(7-8-20(19)28-15)24-21(26)17-9-11-23-12-10-17/h2-13,15H,14H2,1H3,(H,24,26). The van der Waals surface area contributed by atoms with Crippen molar-refractivity contribution in [1.82, 2.24) is 4.98 Å². The zero-order valence-electron chi connectivity index (χ0n) is 15.3. The van der Waals surface area contributed by atoms with E-state index in [1.54, 1.807) is 54.5 Å². The summed E-state index contributed by atoms with van der Waals surface area (Å²) in [5.74, 6) is 0.257. The third-order valence-electron chi connectivity index (χ3n) is 4.55. The van der Waals surface area contributed by atoms with Crippen molar-refractivity contribution in [3.63, 3.8) is 0 Å². The van der Waals surface area contributed by atoms with Gasteiger partial charge in [-0.2, -0.15) is 0 Å². The molecular formula is C22H19N3O3. The highest BCUT2D eigenvalue weighted by molar-refractivity contribution is 6.05. The maximum Gasteiger partial charge on any atom is 0.268 e. The smallest absolute Gasteiger partial charge is 0.268 e. The molecule has 6 heteroatoms. The summed E-state index contributed by atoms with van der Waals surface area (Å²) in [4.78, 5) is 30.8. The first-order valence-electron chi connectivity index (χ1n) is 8.99. The number of nitrogens with one attached hydrogen (secondary N) is 1. The molecule has 6 nitrogen and oxygen atoms in total. The van der Waals surface area contributed by atoms with E-state index in [0.29, 0.717) is 29.2 Å². The second-order valence-electron chi connectivity index (χ2n) is 6.54. The predicted octanol–water partition coefficient (Wildman–Crippen LogP) is 3.65. The van der Waals surface area contributed by atoms with Gasteiger partial charge in [-0.3, -0.25) is 14.6 Å². The van der Waals surface area contributed by atoms with Gasteiger partial charge in [0, 0.05) is 23.6 Å². The Morgan fingerprint density at radius 1 is 1.11 bits per heavy atom. The number of carbonyl (C=O) groups excluding carboxylic acids is 2. The highest BCUT2D eigenvalue weighted by Gasteiger charge is 2.31. The molecule has 1 aliphatic rings. The van der Waals surface area contributed by atoms with Crippen LogP contribution in [0.3, 0.4) is 0 Å². The second kappa shape index (κ2) is 7.52. The van der Waals surface area contributed by atoms with Gasteiger partial charge in [0.05, 0.1) is 12.2 Å².